The van der Waals surface area contributed by atoms with E-state index in [2.05, 4.69) is 15.1 Å². The second-order valence-electron chi connectivity index (χ2n) is 6.01. The van der Waals surface area contributed by atoms with E-state index in [1.807, 2.05) is 60.0 Å². The highest BCUT2D eigenvalue weighted by atomic mass is 32.1. The van der Waals surface area contributed by atoms with Crippen molar-refractivity contribution in [3.63, 3.8) is 0 Å². The number of rotatable bonds is 5. The van der Waals surface area contributed by atoms with Gasteiger partial charge in [-0.2, -0.15) is 0 Å². The fourth-order valence-corrected chi connectivity index (χ4v) is 3.42. The molecule has 0 fully saturated rings. The maximum atomic E-state index is 12.9. The number of para-hydroxylation sites is 1. The van der Waals surface area contributed by atoms with Crippen LogP contribution in [-0.4, -0.2) is 37.6 Å². The van der Waals surface area contributed by atoms with Crippen LogP contribution >= 0.6 is 11.3 Å². The van der Waals surface area contributed by atoms with Gasteiger partial charge in [0, 0.05) is 26.0 Å². The number of thiophene rings is 1. The summed E-state index contributed by atoms with van der Waals surface area (Å²) in [7, 11) is 1.74. The van der Waals surface area contributed by atoms with E-state index in [1.165, 1.54) is 0 Å². The predicted octanol–water partition coefficient (Wildman–Crippen LogP) is 3.66. The Kier molecular flexibility index (Phi) is 4.76. The van der Waals surface area contributed by atoms with Crippen LogP contribution in [0.1, 0.15) is 16.2 Å². The van der Waals surface area contributed by atoms with Crippen LogP contribution in [0.2, 0.25) is 0 Å². The highest BCUT2D eigenvalue weighted by molar-refractivity contribution is 7.13. The van der Waals surface area contributed by atoms with E-state index in [9.17, 15) is 4.79 Å². The number of aromatic nitrogens is 4. The number of carbonyl (C=O) groups excluding carboxylic acids is 1. The Bertz CT molecular complexity index is 1030. The van der Waals surface area contributed by atoms with Gasteiger partial charge in [0.15, 0.2) is 5.82 Å². The molecule has 0 atom stereocenters. The van der Waals surface area contributed by atoms with Gasteiger partial charge in [0.1, 0.15) is 0 Å². The van der Waals surface area contributed by atoms with E-state index < -0.39 is 0 Å². The number of benzene rings is 1. The number of hydrogen-bond acceptors (Lipinski definition) is 5. The summed E-state index contributed by atoms with van der Waals surface area (Å²) in [6.45, 7) is 0.445. The summed E-state index contributed by atoms with van der Waals surface area (Å²) in [4.78, 5) is 24.1. The Morgan fingerprint density at radius 3 is 2.67 bits per heavy atom. The maximum absolute atomic E-state index is 12.9. The summed E-state index contributed by atoms with van der Waals surface area (Å²) in [6.07, 6.45) is 3.46. The Labute approximate surface area is 160 Å². The minimum absolute atomic E-state index is 0.175. The fourth-order valence-electron chi connectivity index (χ4n) is 2.73. The molecule has 3 heterocycles. The monoisotopic (exact) mass is 375 g/mol. The molecule has 3 aromatic heterocycles. The zero-order chi connectivity index (χ0) is 18.6. The Morgan fingerprint density at radius 1 is 1.11 bits per heavy atom. The van der Waals surface area contributed by atoms with Crippen molar-refractivity contribution >= 4 is 17.2 Å². The van der Waals surface area contributed by atoms with Gasteiger partial charge >= 0.3 is 0 Å². The van der Waals surface area contributed by atoms with Crippen LogP contribution in [0.3, 0.4) is 0 Å². The second kappa shape index (κ2) is 7.51. The van der Waals surface area contributed by atoms with Gasteiger partial charge in [-0.15, -0.1) is 16.4 Å². The average Bonchev–Trinajstić information content (AvgIpc) is 3.38. The molecule has 4 aromatic rings. The molecule has 0 N–H and O–H groups in total. The van der Waals surface area contributed by atoms with Crippen molar-refractivity contribution < 1.29 is 4.79 Å². The van der Waals surface area contributed by atoms with Crippen LogP contribution in [0.25, 0.3) is 16.4 Å². The molecule has 0 radical (unpaired) electrons. The van der Waals surface area contributed by atoms with E-state index in [0.717, 1.165) is 16.1 Å². The first kappa shape index (κ1) is 17.1. The number of hydrogen-bond donors (Lipinski definition) is 0. The fraction of sp³-hybridized carbons (Fsp3) is 0.100. The van der Waals surface area contributed by atoms with E-state index in [0.29, 0.717) is 12.4 Å². The standard InChI is InChI=1S/C20H17N5OS/c1-24(14-15-7-5-11-21-13-15)20(26)18-22-19(17-10-6-12-27-17)25(23-18)16-8-3-2-4-9-16/h2-13H,14H2,1H3. The van der Waals surface area contributed by atoms with Crippen molar-refractivity contribution in [1.82, 2.24) is 24.6 Å². The van der Waals surface area contributed by atoms with E-state index >= 15 is 0 Å². The van der Waals surface area contributed by atoms with E-state index in [4.69, 9.17) is 0 Å². The number of pyridine rings is 1. The summed E-state index contributed by atoms with van der Waals surface area (Å²) in [5.41, 5.74) is 1.82. The molecular weight excluding hydrogens is 358 g/mol. The number of amides is 1. The van der Waals surface area contributed by atoms with Crippen molar-refractivity contribution in [2.24, 2.45) is 0 Å². The molecule has 0 aliphatic heterocycles. The summed E-state index contributed by atoms with van der Waals surface area (Å²) < 4.78 is 1.72. The molecule has 4 rings (SSSR count). The third-order valence-corrected chi connectivity index (χ3v) is 4.90. The molecule has 134 valence electrons. The van der Waals surface area contributed by atoms with Gasteiger partial charge < -0.3 is 4.90 Å². The van der Waals surface area contributed by atoms with Crippen molar-refractivity contribution in [3.05, 3.63) is 83.8 Å². The normalized spacial score (nSPS) is 10.7. The summed E-state index contributed by atoms with van der Waals surface area (Å²) >= 11 is 1.56. The first-order chi connectivity index (χ1) is 13.2. The molecule has 6 nitrogen and oxygen atoms in total. The van der Waals surface area contributed by atoms with Gasteiger partial charge in [-0.05, 0) is 35.2 Å². The van der Waals surface area contributed by atoms with E-state index in [-0.39, 0.29) is 11.7 Å². The van der Waals surface area contributed by atoms with Gasteiger partial charge in [-0.1, -0.05) is 30.3 Å². The maximum Gasteiger partial charge on any atom is 0.293 e. The molecule has 1 aromatic carbocycles. The van der Waals surface area contributed by atoms with Crippen LogP contribution in [0, 0.1) is 0 Å². The molecule has 0 aliphatic rings. The molecule has 7 heteroatoms. The van der Waals surface area contributed by atoms with Crippen molar-refractivity contribution in [2.45, 2.75) is 6.54 Å². The van der Waals surface area contributed by atoms with Gasteiger partial charge in [-0.3, -0.25) is 9.78 Å². The zero-order valence-corrected chi connectivity index (χ0v) is 15.5. The van der Waals surface area contributed by atoms with Crippen LogP contribution < -0.4 is 0 Å². The third kappa shape index (κ3) is 3.63. The Balaban J connectivity index is 1.68. The first-order valence-electron chi connectivity index (χ1n) is 8.43. The zero-order valence-electron chi connectivity index (χ0n) is 14.7. The number of carbonyl (C=O) groups is 1. The van der Waals surface area contributed by atoms with Crippen molar-refractivity contribution in [2.75, 3.05) is 7.05 Å². The Morgan fingerprint density at radius 2 is 1.96 bits per heavy atom. The topological polar surface area (TPSA) is 63.9 Å². The SMILES string of the molecule is CN(Cc1cccnc1)C(=O)c1nc(-c2cccs2)n(-c2ccccc2)n1. The molecule has 0 unspecified atom stereocenters. The largest absolute Gasteiger partial charge is 0.335 e. The molecule has 0 saturated carbocycles. The van der Waals surface area contributed by atoms with Crippen LogP contribution in [-0.2, 0) is 6.54 Å². The molecule has 0 bridgehead atoms. The summed E-state index contributed by atoms with van der Waals surface area (Å²) in [6, 6.07) is 17.4. The van der Waals surface area contributed by atoms with Gasteiger partial charge in [0.25, 0.3) is 5.91 Å². The Hall–Kier alpha value is -3.32. The van der Waals surface area contributed by atoms with Crippen LogP contribution in [0.5, 0.6) is 0 Å². The molecule has 0 saturated heterocycles. The highest BCUT2D eigenvalue weighted by Crippen LogP contribution is 2.25. The minimum atomic E-state index is -0.230. The second-order valence-corrected chi connectivity index (χ2v) is 6.95. The minimum Gasteiger partial charge on any atom is -0.335 e. The summed E-state index contributed by atoms with van der Waals surface area (Å²) in [5, 5.41) is 6.49. The smallest absolute Gasteiger partial charge is 0.293 e. The molecule has 0 spiro atoms. The van der Waals surface area contributed by atoms with E-state index in [1.54, 1.807) is 40.4 Å². The quantitative estimate of drug-likeness (QED) is 0.534. The predicted molar refractivity (Wildman–Crippen MR) is 105 cm³/mol. The van der Waals surface area contributed by atoms with Gasteiger partial charge in [-0.25, -0.2) is 9.67 Å². The summed E-state index contributed by atoms with van der Waals surface area (Å²) in [5.74, 6) is 0.606. The van der Waals surface area contributed by atoms with Crippen LogP contribution in [0.15, 0.2) is 72.4 Å². The lowest BCUT2D eigenvalue weighted by atomic mass is 10.2. The van der Waals surface area contributed by atoms with Gasteiger partial charge in [0.05, 0.1) is 10.6 Å². The third-order valence-electron chi connectivity index (χ3n) is 4.03. The van der Waals surface area contributed by atoms with Crippen molar-refractivity contribution in [1.29, 1.82) is 0 Å². The average molecular weight is 375 g/mol. The molecule has 27 heavy (non-hydrogen) atoms. The highest BCUT2D eigenvalue weighted by Gasteiger charge is 2.22. The first-order valence-corrected chi connectivity index (χ1v) is 9.31. The lowest BCUT2D eigenvalue weighted by Gasteiger charge is -2.14. The number of nitrogens with zero attached hydrogens (tertiary/aromatic N) is 5. The lowest BCUT2D eigenvalue weighted by molar-refractivity contribution is 0.0773. The molecular formula is C20H17N5OS. The molecule has 1 amide bonds. The molecule has 0 aliphatic carbocycles. The van der Waals surface area contributed by atoms with Crippen molar-refractivity contribution in [3.8, 4) is 16.4 Å². The van der Waals surface area contributed by atoms with Crippen LogP contribution in [0.4, 0.5) is 0 Å². The van der Waals surface area contributed by atoms with Gasteiger partial charge in [0.2, 0.25) is 5.82 Å². The lowest BCUT2D eigenvalue weighted by Crippen LogP contribution is -2.27.